The number of thiophene rings is 1. The molecule has 0 radical (unpaired) electrons. The highest BCUT2D eigenvalue weighted by atomic mass is 32.1. The van der Waals surface area contributed by atoms with E-state index >= 15 is 0 Å². The Labute approximate surface area is 144 Å². The van der Waals surface area contributed by atoms with E-state index in [2.05, 4.69) is 5.32 Å². The molecule has 0 bridgehead atoms. The van der Waals surface area contributed by atoms with Crippen LogP contribution in [0.1, 0.15) is 45.9 Å². The van der Waals surface area contributed by atoms with E-state index in [1.165, 1.54) is 17.4 Å². The van der Waals surface area contributed by atoms with Crippen LogP contribution < -0.4 is 5.32 Å². The van der Waals surface area contributed by atoms with Gasteiger partial charge in [-0.3, -0.25) is 9.59 Å². The quantitative estimate of drug-likeness (QED) is 0.755. The molecule has 24 heavy (non-hydrogen) atoms. The normalized spacial score (nSPS) is 12.0. The first-order chi connectivity index (χ1) is 11.4. The Morgan fingerprint density at radius 3 is 2.29 bits per heavy atom. The van der Waals surface area contributed by atoms with E-state index in [-0.39, 0.29) is 22.8 Å². The third-order valence-electron chi connectivity index (χ3n) is 3.47. The molecule has 0 unspecified atom stereocenters. The molecule has 5 nitrogen and oxygen atoms in total. The van der Waals surface area contributed by atoms with Gasteiger partial charge in [-0.15, -0.1) is 11.3 Å². The summed E-state index contributed by atoms with van der Waals surface area (Å²) < 4.78 is 0. The van der Waals surface area contributed by atoms with Gasteiger partial charge >= 0.3 is 5.97 Å². The van der Waals surface area contributed by atoms with E-state index in [0.717, 1.165) is 0 Å². The zero-order valence-electron chi connectivity index (χ0n) is 13.5. The molecule has 1 atom stereocenters. The first-order valence-corrected chi connectivity index (χ1v) is 8.49. The van der Waals surface area contributed by atoms with Crippen molar-refractivity contribution >= 4 is 29.0 Å². The number of rotatable bonds is 7. The second-order valence-electron chi connectivity index (χ2n) is 5.85. The van der Waals surface area contributed by atoms with Crippen LogP contribution in [0.2, 0.25) is 0 Å². The first-order valence-electron chi connectivity index (χ1n) is 7.61. The highest BCUT2D eigenvalue weighted by Gasteiger charge is 2.24. The van der Waals surface area contributed by atoms with Crippen molar-refractivity contribution in [3.05, 3.63) is 57.8 Å². The molecule has 6 heteroatoms. The zero-order valence-corrected chi connectivity index (χ0v) is 14.3. The summed E-state index contributed by atoms with van der Waals surface area (Å²) in [4.78, 5) is 36.9. The van der Waals surface area contributed by atoms with Gasteiger partial charge in [0.1, 0.15) is 6.04 Å². The van der Waals surface area contributed by atoms with E-state index in [1.807, 2.05) is 13.8 Å². The van der Waals surface area contributed by atoms with E-state index in [9.17, 15) is 19.5 Å². The molecule has 0 fully saturated rings. The lowest BCUT2D eigenvalue weighted by Crippen LogP contribution is -2.42. The minimum atomic E-state index is -1.08. The molecule has 2 N–H and O–H groups in total. The standard InChI is InChI=1S/C18H19NO4S/c1-11(2)10-14(18(22)23)19-17(21)13-7-4-3-6-12(13)16(20)15-8-5-9-24-15/h3-9,11,14H,10H2,1-2H3,(H,19,21)(H,22,23)/t14-/m1/s1. The molecule has 2 rings (SSSR count). The number of nitrogens with one attached hydrogen (secondary N) is 1. The minimum absolute atomic E-state index is 0.120. The number of carbonyl (C=O) groups excluding carboxylic acids is 2. The second-order valence-corrected chi connectivity index (χ2v) is 6.79. The smallest absolute Gasteiger partial charge is 0.326 e. The highest BCUT2D eigenvalue weighted by Crippen LogP contribution is 2.19. The Balaban J connectivity index is 2.27. The Morgan fingerprint density at radius 1 is 1.08 bits per heavy atom. The highest BCUT2D eigenvalue weighted by molar-refractivity contribution is 7.12. The van der Waals surface area contributed by atoms with Gasteiger partial charge in [-0.1, -0.05) is 38.1 Å². The van der Waals surface area contributed by atoms with Crippen molar-refractivity contribution in [3.63, 3.8) is 0 Å². The van der Waals surface area contributed by atoms with Crippen LogP contribution in [0.15, 0.2) is 41.8 Å². The van der Waals surface area contributed by atoms with Crippen LogP contribution in [0.25, 0.3) is 0 Å². The maximum atomic E-state index is 12.5. The van der Waals surface area contributed by atoms with Crippen molar-refractivity contribution < 1.29 is 19.5 Å². The molecule has 1 amide bonds. The predicted octanol–water partition coefficient (Wildman–Crippen LogP) is 3.21. The van der Waals surface area contributed by atoms with E-state index in [0.29, 0.717) is 11.3 Å². The summed E-state index contributed by atoms with van der Waals surface area (Å²) in [5.74, 6) is -1.76. The van der Waals surface area contributed by atoms with Crippen LogP contribution in [-0.2, 0) is 4.79 Å². The molecular formula is C18H19NO4S. The zero-order chi connectivity index (χ0) is 17.7. The summed E-state index contributed by atoms with van der Waals surface area (Å²) >= 11 is 1.30. The molecule has 0 saturated heterocycles. The molecule has 2 aromatic rings. The topological polar surface area (TPSA) is 83.5 Å². The van der Waals surface area contributed by atoms with Crippen LogP contribution in [0.5, 0.6) is 0 Å². The average molecular weight is 345 g/mol. The van der Waals surface area contributed by atoms with Gasteiger partial charge in [-0.25, -0.2) is 4.79 Å². The SMILES string of the molecule is CC(C)C[C@@H](NC(=O)c1ccccc1C(=O)c1cccs1)C(=O)O. The van der Waals surface area contributed by atoms with Crippen LogP contribution in [0, 0.1) is 5.92 Å². The van der Waals surface area contributed by atoms with Crippen LogP contribution >= 0.6 is 11.3 Å². The molecule has 0 spiro atoms. The van der Waals surface area contributed by atoms with Crippen molar-refractivity contribution in [2.45, 2.75) is 26.3 Å². The van der Waals surface area contributed by atoms with Crippen LogP contribution in [-0.4, -0.2) is 28.8 Å². The number of benzene rings is 1. The molecule has 0 saturated carbocycles. The monoisotopic (exact) mass is 345 g/mol. The van der Waals surface area contributed by atoms with E-state index in [1.54, 1.807) is 35.7 Å². The van der Waals surface area contributed by atoms with Gasteiger partial charge in [0.25, 0.3) is 5.91 Å². The number of hydrogen-bond donors (Lipinski definition) is 2. The van der Waals surface area contributed by atoms with Crippen LogP contribution in [0.3, 0.4) is 0 Å². The fourth-order valence-electron chi connectivity index (χ4n) is 2.35. The average Bonchev–Trinajstić information content (AvgIpc) is 3.07. The van der Waals surface area contributed by atoms with Crippen molar-refractivity contribution in [3.8, 4) is 0 Å². The Bertz CT molecular complexity index is 737. The minimum Gasteiger partial charge on any atom is -0.480 e. The third kappa shape index (κ3) is 4.29. The number of hydrogen-bond acceptors (Lipinski definition) is 4. The largest absolute Gasteiger partial charge is 0.480 e. The number of aliphatic carboxylic acids is 1. The van der Waals surface area contributed by atoms with Crippen molar-refractivity contribution in [1.82, 2.24) is 5.32 Å². The molecule has 0 aliphatic carbocycles. The Hall–Kier alpha value is -2.47. The van der Waals surface area contributed by atoms with Gasteiger partial charge in [0.2, 0.25) is 5.78 Å². The summed E-state index contributed by atoms with van der Waals surface area (Å²) in [7, 11) is 0. The van der Waals surface area contributed by atoms with Gasteiger partial charge in [-0.05, 0) is 29.9 Å². The number of carboxylic acid groups (broad SMARTS) is 1. The number of ketones is 1. The Kier molecular flexibility index (Phi) is 5.87. The fraction of sp³-hybridized carbons (Fsp3) is 0.278. The molecule has 1 heterocycles. The third-order valence-corrected chi connectivity index (χ3v) is 4.34. The van der Waals surface area contributed by atoms with Crippen molar-refractivity contribution in [2.75, 3.05) is 0 Å². The van der Waals surface area contributed by atoms with E-state index < -0.39 is 17.9 Å². The molecule has 126 valence electrons. The van der Waals surface area contributed by atoms with Crippen LogP contribution in [0.4, 0.5) is 0 Å². The second kappa shape index (κ2) is 7.88. The molecular weight excluding hydrogens is 326 g/mol. The van der Waals surface area contributed by atoms with Gasteiger partial charge in [0, 0.05) is 5.56 Å². The number of carbonyl (C=O) groups is 3. The van der Waals surface area contributed by atoms with Gasteiger partial charge in [-0.2, -0.15) is 0 Å². The molecule has 0 aliphatic rings. The van der Waals surface area contributed by atoms with Gasteiger partial charge in [0.15, 0.2) is 0 Å². The maximum absolute atomic E-state index is 12.5. The number of amides is 1. The lowest BCUT2D eigenvalue weighted by atomic mass is 10.00. The Morgan fingerprint density at radius 2 is 1.75 bits per heavy atom. The van der Waals surface area contributed by atoms with Crippen molar-refractivity contribution in [1.29, 1.82) is 0 Å². The summed E-state index contributed by atoms with van der Waals surface area (Å²) in [6.45, 7) is 3.77. The summed E-state index contributed by atoms with van der Waals surface area (Å²) in [5.41, 5.74) is 0.456. The lowest BCUT2D eigenvalue weighted by Gasteiger charge is -2.17. The molecule has 1 aromatic carbocycles. The first kappa shape index (κ1) is 17.9. The molecule has 0 aliphatic heterocycles. The maximum Gasteiger partial charge on any atom is 0.326 e. The predicted molar refractivity (Wildman–Crippen MR) is 92.5 cm³/mol. The molecule has 1 aromatic heterocycles. The van der Waals surface area contributed by atoms with E-state index in [4.69, 9.17) is 0 Å². The van der Waals surface area contributed by atoms with Gasteiger partial charge in [0.05, 0.1) is 10.4 Å². The summed E-state index contributed by atoms with van der Waals surface area (Å²) in [5, 5.41) is 13.6. The van der Waals surface area contributed by atoms with Gasteiger partial charge < -0.3 is 10.4 Å². The summed E-state index contributed by atoms with van der Waals surface area (Å²) in [6.07, 6.45) is 0.322. The number of carboxylic acids is 1. The fourth-order valence-corrected chi connectivity index (χ4v) is 3.03. The lowest BCUT2D eigenvalue weighted by molar-refractivity contribution is -0.139. The summed E-state index contributed by atoms with van der Waals surface area (Å²) in [6, 6.07) is 8.92. The van der Waals surface area contributed by atoms with Crippen molar-refractivity contribution in [2.24, 2.45) is 5.92 Å².